The summed E-state index contributed by atoms with van der Waals surface area (Å²) in [7, 11) is -3.83. The van der Waals surface area contributed by atoms with E-state index in [9.17, 15) is 23.1 Å². The minimum absolute atomic E-state index is 0.0399. The van der Waals surface area contributed by atoms with Crippen molar-refractivity contribution >= 4 is 62.2 Å². The van der Waals surface area contributed by atoms with Crippen LogP contribution in [0.3, 0.4) is 0 Å². The van der Waals surface area contributed by atoms with Gasteiger partial charge < -0.3 is 20.3 Å². The Morgan fingerprint density at radius 1 is 1.15 bits per heavy atom. The Balaban J connectivity index is 1.45. The summed E-state index contributed by atoms with van der Waals surface area (Å²) in [5.41, 5.74) is 4.71. The number of β-amino-alcohol motifs (C(OH)–C–C–N with tert-alkyl or cyclic N) is 1. The van der Waals surface area contributed by atoms with Gasteiger partial charge in [0.1, 0.15) is 0 Å². The predicted octanol–water partition coefficient (Wildman–Crippen LogP) is 4.54. The number of sulfone groups is 1. The second-order valence-electron chi connectivity index (χ2n) is 9.91. The summed E-state index contributed by atoms with van der Waals surface area (Å²) >= 11 is 12.4. The molecular formula is C28H27Cl2N3O5S. The molecule has 0 spiro atoms. The second-order valence-corrected chi connectivity index (χ2v) is 12.7. The number of aliphatic hydroxyl groups is 1. The van der Waals surface area contributed by atoms with E-state index in [2.05, 4.69) is 10.3 Å². The number of hydrogen-bond acceptors (Lipinski definition) is 5. The predicted molar refractivity (Wildman–Crippen MR) is 151 cm³/mol. The van der Waals surface area contributed by atoms with Crippen molar-refractivity contribution in [2.75, 3.05) is 18.4 Å². The number of H-pyrrole nitrogens is 1. The van der Waals surface area contributed by atoms with Crippen LogP contribution in [0.15, 0.2) is 41.3 Å². The van der Waals surface area contributed by atoms with Crippen LogP contribution in [0.1, 0.15) is 40.1 Å². The Labute approximate surface area is 236 Å². The van der Waals surface area contributed by atoms with Crippen LogP contribution < -0.4 is 5.32 Å². The van der Waals surface area contributed by atoms with E-state index in [4.69, 9.17) is 23.2 Å². The summed E-state index contributed by atoms with van der Waals surface area (Å²) in [4.78, 5) is 30.6. The van der Waals surface area contributed by atoms with Crippen molar-refractivity contribution in [2.45, 2.75) is 43.4 Å². The smallest absolute Gasteiger partial charge is 0.256 e. The third-order valence-corrected chi connectivity index (χ3v) is 9.64. The highest BCUT2D eigenvalue weighted by Gasteiger charge is 2.29. The first-order valence-electron chi connectivity index (χ1n) is 12.4. The number of amides is 2. The van der Waals surface area contributed by atoms with Crippen molar-refractivity contribution in [2.24, 2.45) is 0 Å². The molecule has 2 amide bonds. The number of aromatic nitrogens is 1. The lowest BCUT2D eigenvalue weighted by atomic mass is 10.0. The van der Waals surface area contributed by atoms with E-state index in [1.807, 2.05) is 13.8 Å². The Morgan fingerprint density at radius 2 is 1.87 bits per heavy atom. The highest BCUT2D eigenvalue weighted by atomic mass is 35.5. The number of likely N-dealkylation sites (tertiary alicyclic amines) is 1. The van der Waals surface area contributed by atoms with Crippen LogP contribution in [0.4, 0.5) is 5.69 Å². The number of halogens is 2. The zero-order valence-electron chi connectivity index (χ0n) is 21.3. The van der Waals surface area contributed by atoms with Crippen LogP contribution in [0, 0.1) is 13.8 Å². The number of hydrogen-bond donors (Lipinski definition) is 3. The summed E-state index contributed by atoms with van der Waals surface area (Å²) < 4.78 is 26.6. The summed E-state index contributed by atoms with van der Waals surface area (Å²) in [6.45, 7) is 4.61. The van der Waals surface area contributed by atoms with Gasteiger partial charge in [0.25, 0.3) is 5.91 Å². The number of fused-ring (bicyclic) bond motifs is 1. The van der Waals surface area contributed by atoms with Gasteiger partial charge in [0.2, 0.25) is 5.91 Å². The Morgan fingerprint density at radius 3 is 2.54 bits per heavy atom. The van der Waals surface area contributed by atoms with Gasteiger partial charge in [-0.3, -0.25) is 9.59 Å². The molecule has 0 bridgehead atoms. The van der Waals surface area contributed by atoms with Crippen molar-refractivity contribution < 1.29 is 23.1 Å². The number of rotatable bonds is 6. The van der Waals surface area contributed by atoms with Gasteiger partial charge in [0.15, 0.2) is 9.84 Å². The first-order valence-corrected chi connectivity index (χ1v) is 14.8. The molecule has 2 aliphatic heterocycles. The Bertz CT molecular complexity index is 1620. The molecule has 0 unspecified atom stereocenters. The van der Waals surface area contributed by atoms with Crippen molar-refractivity contribution in [3.8, 4) is 0 Å². The average Bonchev–Trinajstić information content (AvgIpc) is 3.53. The third kappa shape index (κ3) is 5.36. The van der Waals surface area contributed by atoms with E-state index in [0.29, 0.717) is 47.6 Å². The highest BCUT2D eigenvalue weighted by Crippen LogP contribution is 2.37. The van der Waals surface area contributed by atoms with Gasteiger partial charge in [0, 0.05) is 51.3 Å². The van der Waals surface area contributed by atoms with E-state index < -0.39 is 15.9 Å². The minimum Gasteiger partial charge on any atom is -0.391 e. The standard InChI is InChI=1S/C28H27Cl2N3O5S/c1-15-19(12-27(35)33-9-8-17(34)13-33)16(2)31-26(15)11-21-20-10-18(6-7-25(20)32-28(21)36)39(37,38)14-22-23(29)4-3-5-24(22)30/h3-7,10-11,17,31,34H,8-9,12-14H2,1-2H3,(H,32,36)/t17-/m1/s1. The van der Waals surface area contributed by atoms with Crippen molar-refractivity contribution in [3.05, 3.63) is 80.1 Å². The molecule has 3 aromatic rings. The Kier molecular flexibility index (Phi) is 7.37. The number of carbonyl (C=O) groups excluding carboxylic acids is 2. The fourth-order valence-electron chi connectivity index (χ4n) is 5.05. The number of carbonyl (C=O) groups is 2. The van der Waals surface area contributed by atoms with Crippen molar-refractivity contribution in [1.29, 1.82) is 0 Å². The molecule has 2 aliphatic rings. The van der Waals surface area contributed by atoms with Gasteiger partial charge in [-0.15, -0.1) is 0 Å². The summed E-state index contributed by atoms with van der Waals surface area (Å²) in [5, 5.41) is 13.1. The molecule has 1 aromatic heterocycles. The molecule has 1 fully saturated rings. The molecule has 11 heteroatoms. The SMILES string of the molecule is Cc1[nH]c(C=C2C(=O)Nc3ccc(S(=O)(=O)Cc4c(Cl)cccc4Cl)cc32)c(C)c1CC(=O)N1CC[C@@H](O)C1. The maximum atomic E-state index is 13.3. The van der Waals surface area contributed by atoms with Crippen molar-refractivity contribution in [3.63, 3.8) is 0 Å². The first kappa shape index (κ1) is 27.5. The summed E-state index contributed by atoms with van der Waals surface area (Å²) in [6.07, 6.45) is 1.95. The van der Waals surface area contributed by atoms with E-state index in [1.165, 1.54) is 12.1 Å². The fourth-order valence-corrected chi connectivity index (χ4v) is 7.17. The van der Waals surface area contributed by atoms with Gasteiger partial charge in [-0.05, 0) is 67.8 Å². The molecule has 1 atom stereocenters. The van der Waals surface area contributed by atoms with Crippen LogP contribution in [0.5, 0.6) is 0 Å². The maximum absolute atomic E-state index is 13.3. The van der Waals surface area contributed by atoms with E-state index >= 15 is 0 Å². The topological polar surface area (TPSA) is 120 Å². The molecule has 204 valence electrons. The molecule has 0 aliphatic carbocycles. The molecule has 3 N–H and O–H groups in total. The van der Waals surface area contributed by atoms with E-state index in [0.717, 1.165) is 16.8 Å². The number of anilines is 1. The zero-order chi connectivity index (χ0) is 28.1. The highest BCUT2D eigenvalue weighted by molar-refractivity contribution is 7.90. The lowest BCUT2D eigenvalue weighted by Gasteiger charge is -2.15. The van der Waals surface area contributed by atoms with Gasteiger partial charge in [-0.2, -0.15) is 0 Å². The van der Waals surface area contributed by atoms with Gasteiger partial charge in [-0.25, -0.2) is 8.42 Å². The number of nitrogens with zero attached hydrogens (tertiary/aromatic N) is 1. The maximum Gasteiger partial charge on any atom is 0.256 e. The van der Waals surface area contributed by atoms with Crippen LogP contribution >= 0.6 is 23.2 Å². The van der Waals surface area contributed by atoms with Crippen LogP contribution in [-0.4, -0.2) is 54.4 Å². The third-order valence-electron chi connectivity index (χ3n) is 7.29. The van der Waals surface area contributed by atoms with Crippen LogP contribution in [0.25, 0.3) is 11.6 Å². The normalized spacial score (nSPS) is 18.1. The number of nitrogens with one attached hydrogen (secondary N) is 2. The molecule has 5 rings (SSSR count). The van der Waals surface area contributed by atoms with Crippen LogP contribution in [0.2, 0.25) is 10.0 Å². The number of aromatic amines is 1. The van der Waals surface area contributed by atoms with Gasteiger partial charge >= 0.3 is 0 Å². The lowest BCUT2D eigenvalue weighted by molar-refractivity contribution is -0.129. The van der Waals surface area contributed by atoms with Gasteiger partial charge in [0.05, 0.1) is 28.7 Å². The molecule has 2 aromatic carbocycles. The fraction of sp³-hybridized carbons (Fsp3) is 0.286. The van der Waals surface area contributed by atoms with Crippen molar-refractivity contribution in [1.82, 2.24) is 9.88 Å². The average molecular weight is 589 g/mol. The quantitative estimate of drug-likeness (QED) is 0.366. The zero-order valence-corrected chi connectivity index (χ0v) is 23.7. The summed E-state index contributed by atoms with van der Waals surface area (Å²) in [5.74, 6) is -0.803. The van der Waals surface area contributed by atoms with Gasteiger partial charge in [-0.1, -0.05) is 29.3 Å². The molecule has 0 radical (unpaired) electrons. The monoisotopic (exact) mass is 587 g/mol. The largest absolute Gasteiger partial charge is 0.391 e. The number of aryl methyl sites for hydroxylation is 1. The molecule has 3 heterocycles. The molecule has 0 saturated carbocycles. The Hall–Kier alpha value is -3.11. The molecule has 8 nitrogen and oxygen atoms in total. The van der Waals surface area contributed by atoms with E-state index in [1.54, 1.807) is 35.2 Å². The first-order chi connectivity index (χ1) is 18.4. The summed E-state index contributed by atoms with van der Waals surface area (Å²) in [6, 6.07) is 9.31. The lowest BCUT2D eigenvalue weighted by Crippen LogP contribution is -2.31. The number of benzene rings is 2. The molecule has 39 heavy (non-hydrogen) atoms. The minimum atomic E-state index is -3.83. The second kappa shape index (κ2) is 10.5. The molecule has 1 saturated heterocycles. The number of aliphatic hydroxyl groups excluding tert-OH is 1. The van der Waals surface area contributed by atoms with Crippen LogP contribution in [-0.2, 0) is 31.6 Å². The molecular weight excluding hydrogens is 561 g/mol. The van der Waals surface area contributed by atoms with E-state index in [-0.39, 0.29) is 38.9 Å².